The second-order valence-electron chi connectivity index (χ2n) is 7.19. The largest absolute Gasteiger partial charge is 0.461 e. The summed E-state index contributed by atoms with van der Waals surface area (Å²) in [5.74, 6) is -0.853. The zero-order chi connectivity index (χ0) is 15.7. The van der Waals surface area contributed by atoms with Crippen LogP contribution in [0.2, 0.25) is 0 Å². The van der Waals surface area contributed by atoms with E-state index in [0.29, 0.717) is 12.1 Å². The molecule has 2 aliphatic heterocycles. The molecule has 0 aromatic heterocycles. The normalized spacial score (nSPS) is 30.8. The Hall–Kier alpha value is -1.39. The van der Waals surface area contributed by atoms with Gasteiger partial charge >= 0.3 is 5.97 Å². The quantitative estimate of drug-likeness (QED) is 0.684. The van der Waals surface area contributed by atoms with Gasteiger partial charge in [0.15, 0.2) is 0 Å². The van der Waals surface area contributed by atoms with Crippen LogP contribution in [0.25, 0.3) is 0 Å². The average molecular weight is 304 g/mol. The third-order valence-corrected chi connectivity index (χ3v) is 5.74. The molecule has 22 heavy (non-hydrogen) atoms. The lowest BCUT2D eigenvalue weighted by molar-refractivity contribution is -0.931. The highest BCUT2D eigenvalue weighted by atomic mass is 16.5. The van der Waals surface area contributed by atoms with Crippen LogP contribution in [0.5, 0.6) is 0 Å². The van der Waals surface area contributed by atoms with Gasteiger partial charge in [0, 0.05) is 25.7 Å². The Bertz CT molecular complexity index is 512. The van der Waals surface area contributed by atoms with Crippen molar-refractivity contribution in [2.75, 3.05) is 20.7 Å². The number of benzene rings is 1. The van der Waals surface area contributed by atoms with Crippen molar-refractivity contribution < 1.29 is 19.1 Å². The van der Waals surface area contributed by atoms with E-state index < -0.39 is 5.92 Å². The average Bonchev–Trinajstić information content (AvgIpc) is 2.68. The molecule has 1 aromatic carbocycles. The number of hydrogen-bond acceptors (Lipinski definition) is 3. The Kier molecular flexibility index (Phi) is 4.24. The van der Waals surface area contributed by atoms with Gasteiger partial charge in [-0.3, -0.25) is 4.79 Å². The van der Waals surface area contributed by atoms with E-state index in [4.69, 9.17) is 4.74 Å². The highest BCUT2D eigenvalue weighted by Gasteiger charge is 2.50. The zero-order valence-electron chi connectivity index (χ0n) is 13.4. The molecule has 0 radical (unpaired) electrons. The molecule has 120 valence electrons. The summed E-state index contributed by atoms with van der Waals surface area (Å²) < 4.78 is 6.83. The van der Waals surface area contributed by atoms with Gasteiger partial charge in [0.25, 0.3) is 0 Å². The monoisotopic (exact) mass is 304 g/mol. The molecule has 0 amide bonds. The summed E-state index contributed by atoms with van der Waals surface area (Å²) in [6.45, 7) is -0.204. The highest BCUT2D eigenvalue weighted by molar-refractivity contribution is 5.78. The molecule has 4 nitrogen and oxygen atoms in total. The van der Waals surface area contributed by atoms with Crippen molar-refractivity contribution in [3.63, 3.8) is 0 Å². The summed E-state index contributed by atoms with van der Waals surface area (Å²) >= 11 is 0. The SMILES string of the molecule is C[N+]1(C)[C@@H]2CC[C@H]1CC(OC(=O)[C@H](CO)c1ccccc1)C2. The predicted molar refractivity (Wildman–Crippen MR) is 84.3 cm³/mol. The van der Waals surface area contributed by atoms with Crippen LogP contribution in [0.1, 0.15) is 37.2 Å². The van der Waals surface area contributed by atoms with E-state index in [2.05, 4.69) is 14.1 Å². The second kappa shape index (κ2) is 6.01. The molecule has 1 aromatic rings. The van der Waals surface area contributed by atoms with Crippen LogP contribution < -0.4 is 0 Å². The van der Waals surface area contributed by atoms with Crippen LogP contribution in [-0.2, 0) is 9.53 Å². The van der Waals surface area contributed by atoms with Crippen LogP contribution in [0.4, 0.5) is 0 Å². The smallest absolute Gasteiger partial charge is 0.316 e. The maximum atomic E-state index is 12.5. The Morgan fingerprint density at radius 2 is 1.82 bits per heavy atom. The van der Waals surface area contributed by atoms with Crippen molar-refractivity contribution in [3.8, 4) is 0 Å². The number of piperidine rings is 1. The minimum atomic E-state index is -0.566. The number of fused-ring (bicyclic) bond motifs is 2. The Balaban J connectivity index is 1.65. The first-order valence-corrected chi connectivity index (χ1v) is 8.22. The Morgan fingerprint density at radius 1 is 1.23 bits per heavy atom. The van der Waals surface area contributed by atoms with Gasteiger partial charge in [-0.25, -0.2) is 0 Å². The molecule has 2 saturated heterocycles. The van der Waals surface area contributed by atoms with Gasteiger partial charge in [0.1, 0.15) is 12.0 Å². The first-order valence-electron chi connectivity index (χ1n) is 8.22. The molecule has 4 heteroatoms. The van der Waals surface area contributed by atoms with E-state index in [0.717, 1.165) is 22.9 Å². The summed E-state index contributed by atoms with van der Waals surface area (Å²) in [7, 11) is 4.59. The van der Waals surface area contributed by atoms with Crippen LogP contribution in [0, 0.1) is 0 Å². The van der Waals surface area contributed by atoms with Crippen molar-refractivity contribution >= 4 is 5.97 Å². The summed E-state index contributed by atoms with van der Waals surface area (Å²) in [4.78, 5) is 12.5. The van der Waals surface area contributed by atoms with Gasteiger partial charge in [-0.2, -0.15) is 0 Å². The fraction of sp³-hybridized carbons (Fsp3) is 0.611. The van der Waals surface area contributed by atoms with E-state index in [1.165, 1.54) is 12.8 Å². The van der Waals surface area contributed by atoms with E-state index in [1.807, 2.05) is 30.3 Å². The van der Waals surface area contributed by atoms with Crippen LogP contribution in [0.15, 0.2) is 30.3 Å². The molecule has 2 fully saturated rings. The van der Waals surface area contributed by atoms with Gasteiger partial charge in [0.05, 0.1) is 32.8 Å². The molecular formula is C18H26NO3+. The zero-order valence-corrected chi connectivity index (χ0v) is 13.4. The molecule has 1 N–H and O–H groups in total. The van der Waals surface area contributed by atoms with Crippen molar-refractivity contribution in [1.82, 2.24) is 0 Å². The van der Waals surface area contributed by atoms with Gasteiger partial charge < -0.3 is 14.3 Å². The van der Waals surface area contributed by atoms with E-state index >= 15 is 0 Å². The molecular weight excluding hydrogens is 278 g/mol. The minimum absolute atomic E-state index is 0.00825. The van der Waals surface area contributed by atoms with Gasteiger partial charge in [0.2, 0.25) is 0 Å². The number of nitrogens with zero attached hydrogens (tertiary/aromatic N) is 1. The number of hydrogen-bond donors (Lipinski definition) is 1. The van der Waals surface area contributed by atoms with Gasteiger partial charge in [-0.1, -0.05) is 30.3 Å². The fourth-order valence-corrected chi connectivity index (χ4v) is 4.17. The van der Waals surface area contributed by atoms with Crippen molar-refractivity contribution in [2.24, 2.45) is 0 Å². The number of carbonyl (C=O) groups is 1. The number of esters is 1. The molecule has 1 unspecified atom stereocenters. The number of ether oxygens (including phenoxy) is 1. The van der Waals surface area contributed by atoms with Gasteiger partial charge in [-0.15, -0.1) is 0 Å². The third-order valence-electron chi connectivity index (χ3n) is 5.74. The Morgan fingerprint density at radius 3 is 2.36 bits per heavy atom. The number of aliphatic hydroxyl groups is 1. The van der Waals surface area contributed by atoms with Crippen LogP contribution >= 0.6 is 0 Å². The second-order valence-corrected chi connectivity index (χ2v) is 7.19. The van der Waals surface area contributed by atoms with Crippen molar-refractivity contribution in [1.29, 1.82) is 0 Å². The van der Waals surface area contributed by atoms with E-state index in [1.54, 1.807) is 0 Å². The molecule has 0 saturated carbocycles. The van der Waals surface area contributed by atoms with Crippen LogP contribution in [-0.4, -0.2) is 54.4 Å². The molecule has 3 rings (SSSR count). The standard InChI is InChI=1S/C18H26NO3/c1-19(2)14-8-9-15(19)11-16(10-14)22-18(21)17(12-20)13-6-4-3-5-7-13/h3-7,14-17,20H,8-12H2,1-2H3/q+1/t14-,15+,16?,17-/m1/s1. The molecule has 0 spiro atoms. The summed E-state index contributed by atoms with van der Waals surface area (Å²) in [6.07, 6.45) is 4.36. The van der Waals surface area contributed by atoms with Gasteiger partial charge in [-0.05, 0) is 5.56 Å². The summed E-state index contributed by atoms with van der Waals surface area (Å²) in [5, 5.41) is 9.57. The van der Waals surface area contributed by atoms with Crippen LogP contribution in [0.3, 0.4) is 0 Å². The lowest BCUT2D eigenvalue weighted by Crippen LogP contribution is -2.56. The van der Waals surface area contributed by atoms with E-state index in [9.17, 15) is 9.90 Å². The number of carbonyl (C=O) groups excluding carboxylic acids is 1. The van der Waals surface area contributed by atoms with E-state index in [-0.39, 0.29) is 18.7 Å². The Labute approximate surface area is 132 Å². The fourth-order valence-electron chi connectivity index (χ4n) is 4.17. The first kappa shape index (κ1) is 15.5. The summed E-state index contributed by atoms with van der Waals surface area (Å²) in [5.41, 5.74) is 0.824. The molecule has 2 heterocycles. The molecule has 2 bridgehead atoms. The van der Waals surface area contributed by atoms with Crippen molar-refractivity contribution in [2.45, 2.75) is 49.8 Å². The molecule has 0 aliphatic carbocycles. The summed E-state index contributed by atoms with van der Waals surface area (Å²) in [6, 6.07) is 10.6. The number of rotatable bonds is 4. The topological polar surface area (TPSA) is 46.5 Å². The maximum Gasteiger partial charge on any atom is 0.316 e. The molecule has 4 atom stereocenters. The van der Waals surface area contributed by atoms with Crippen molar-refractivity contribution in [3.05, 3.63) is 35.9 Å². The number of quaternary nitrogens is 1. The highest BCUT2D eigenvalue weighted by Crippen LogP contribution is 2.40. The lowest BCUT2D eigenvalue weighted by atomic mass is 9.96. The maximum absolute atomic E-state index is 12.5. The predicted octanol–water partition coefficient (Wildman–Crippen LogP) is 2.08. The first-order chi connectivity index (χ1) is 10.5. The lowest BCUT2D eigenvalue weighted by Gasteiger charge is -2.44. The number of aliphatic hydroxyl groups excluding tert-OH is 1. The molecule has 2 aliphatic rings. The minimum Gasteiger partial charge on any atom is -0.461 e. The third kappa shape index (κ3) is 2.77.